The average Bonchev–Trinajstić information content (AvgIpc) is 2.29. The monoisotopic (exact) mass is 296 g/mol. The molecular weight excluding hydrogens is 272 g/mol. The molecular formula is C11H24N2O3S2. The second kappa shape index (κ2) is 7.57. The average molecular weight is 296 g/mol. The number of sulfonamides is 1. The van der Waals surface area contributed by atoms with E-state index in [0.717, 1.165) is 25.9 Å². The summed E-state index contributed by atoms with van der Waals surface area (Å²) in [6.45, 7) is 4.07. The minimum atomic E-state index is -3.18. The Morgan fingerprint density at radius 3 is 2.56 bits per heavy atom. The minimum absolute atomic E-state index is 0.0339. The first-order valence-corrected chi connectivity index (χ1v) is 9.68. The first-order chi connectivity index (χ1) is 8.41. The van der Waals surface area contributed by atoms with E-state index in [0.29, 0.717) is 13.0 Å². The highest BCUT2D eigenvalue weighted by atomic mass is 32.2. The largest absolute Gasteiger partial charge is 0.317 e. The normalized spacial score (nSPS) is 21.7. The summed E-state index contributed by atoms with van der Waals surface area (Å²) in [6, 6.07) is 0. The van der Waals surface area contributed by atoms with Crippen LogP contribution in [0, 0.1) is 5.92 Å². The lowest BCUT2D eigenvalue weighted by Gasteiger charge is -2.22. The van der Waals surface area contributed by atoms with Crippen molar-refractivity contribution >= 4 is 20.8 Å². The topological polar surface area (TPSA) is 75.3 Å². The molecule has 1 fully saturated rings. The van der Waals surface area contributed by atoms with Crippen LogP contribution in [0.25, 0.3) is 0 Å². The summed E-state index contributed by atoms with van der Waals surface area (Å²) in [5, 5.41) is 3.26. The van der Waals surface area contributed by atoms with Gasteiger partial charge in [-0.15, -0.1) is 0 Å². The smallest absolute Gasteiger partial charge is 0.211 e. The van der Waals surface area contributed by atoms with E-state index in [2.05, 4.69) is 10.0 Å². The van der Waals surface area contributed by atoms with Crippen LogP contribution in [0.1, 0.15) is 26.2 Å². The Morgan fingerprint density at radius 2 is 2.00 bits per heavy atom. The van der Waals surface area contributed by atoms with Crippen LogP contribution in [0.15, 0.2) is 0 Å². The molecule has 0 aromatic rings. The molecule has 2 atom stereocenters. The summed E-state index contributed by atoms with van der Waals surface area (Å²) in [7, 11) is -4.07. The molecule has 5 nitrogen and oxygen atoms in total. The van der Waals surface area contributed by atoms with Crippen molar-refractivity contribution in [2.24, 2.45) is 5.92 Å². The molecule has 1 aliphatic heterocycles. The maximum atomic E-state index is 11.8. The van der Waals surface area contributed by atoms with Gasteiger partial charge < -0.3 is 5.32 Å². The van der Waals surface area contributed by atoms with Gasteiger partial charge in [0, 0.05) is 28.9 Å². The summed E-state index contributed by atoms with van der Waals surface area (Å²) in [5.41, 5.74) is 0. The lowest BCUT2D eigenvalue weighted by atomic mass is 10.0. The first-order valence-electron chi connectivity index (χ1n) is 6.41. The zero-order valence-corrected chi connectivity index (χ0v) is 12.8. The molecule has 1 rings (SSSR count). The first kappa shape index (κ1) is 16.1. The zero-order valence-electron chi connectivity index (χ0n) is 11.1. The van der Waals surface area contributed by atoms with E-state index in [4.69, 9.17) is 0 Å². The van der Waals surface area contributed by atoms with Gasteiger partial charge in [-0.05, 0) is 38.3 Å². The van der Waals surface area contributed by atoms with E-state index in [1.807, 2.05) is 6.92 Å². The predicted molar refractivity (Wildman–Crippen MR) is 75.5 cm³/mol. The van der Waals surface area contributed by atoms with E-state index < -0.39 is 20.8 Å². The van der Waals surface area contributed by atoms with Crippen molar-refractivity contribution in [2.45, 2.75) is 31.4 Å². The summed E-state index contributed by atoms with van der Waals surface area (Å²) >= 11 is 0. The minimum Gasteiger partial charge on any atom is -0.317 e. The third-order valence-electron chi connectivity index (χ3n) is 3.35. The van der Waals surface area contributed by atoms with Crippen molar-refractivity contribution in [3.05, 3.63) is 0 Å². The van der Waals surface area contributed by atoms with Crippen LogP contribution >= 0.6 is 0 Å². The second-order valence-corrected chi connectivity index (χ2v) is 8.62. The predicted octanol–water partition coefficient (Wildman–Crippen LogP) is 0.0625. The molecule has 0 radical (unpaired) electrons. The fraction of sp³-hybridized carbons (Fsp3) is 1.00. The van der Waals surface area contributed by atoms with E-state index >= 15 is 0 Å². The molecule has 0 aromatic heterocycles. The van der Waals surface area contributed by atoms with Crippen LogP contribution in [-0.4, -0.2) is 49.5 Å². The summed E-state index contributed by atoms with van der Waals surface area (Å²) in [6.07, 6.45) is 4.12. The Morgan fingerprint density at radius 1 is 1.39 bits per heavy atom. The van der Waals surface area contributed by atoms with Gasteiger partial charge in [0.15, 0.2) is 0 Å². The van der Waals surface area contributed by atoms with Gasteiger partial charge in [-0.2, -0.15) is 0 Å². The SMILES string of the molecule is CC(CCNS(=O)(=O)CC1CCNCC1)S(C)=O. The Bertz CT molecular complexity index is 364. The molecule has 0 saturated carbocycles. The summed E-state index contributed by atoms with van der Waals surface area (Å²) in [5.74, 6) is 0.486. The fourth-order valence-corrected chi connectivity index (χ4v) is 3.95. The van der Waals surface area contributed by atoms with E-state index in [9.17, 15) is 12.6 Å². The van der Waals surface area contributed by atoms with Crippen molar-refractivity contribution in [1.29, 1.82) is 0 Å². The molecule has 0 aliphatic carbocycles. The van der Waals surface area contributed by atoms with Crippen molar-refractivity contribution in [3.8, 4) is 0 Å². The van der Waals surface area contributed by atoms with Crippen molar-refractivity contribution < 1.29 is 12.6 Å². The Kier molecular flexibility index (Phi) is 6.76. The molecule has 108 valence electrons. The van der Waals surface area contributed by atoms with Crippen LogP contribution in [0.4, 0.5) is 0 Å². The van der Waals surface area contributed by atoms with Gasteiger partial charge in [-0.1, -0.05) is 6.92 Å². The molecule has 1 heterocycles. The van der Waals surface area contributed by atoms with Crippen molar-refractivity contribution in [2.75, 3.05) is 31.6 Å². The third-order valence-corrected chi connectivity index (χ3v) is 6.28. The maximum Gasteiger partial charge on any atom is 0.211 e. The quantitative estimate of drug-likeness (QED) is 0.697. The number of nitrogens with one attached hydrogen (secondary N) is 2. The van der Waals surface area contributed by atoms with Gasteiger partial charge in [-0.3, -0.25) is 4.21 Å². The van der Waals surface area contributed by atoms with Crippen LogP contribution in [0.5, 0.6) is 0 Å². The van der Waals surface area contributed by atoms with E-state index in [-0.39, 0.29) is 16.9 Å². The van der Waals surface area contributed by atoms with Crippen LogP contribution in [-0.2, 0) is 20.8 Å². The van der Waals surface area contributed by atoms with E-state index in [1.165, 1.54) is 0 Å². The van der Waals surface area contributed by atoms with Crippen LogP contribution < -0.4 is 10.0 Å². The standard InChI is InChI=1S/C11H24N2O3S2/c1-10(17(2)14)3-8-13-18(15,16)9-11-4-6-12-7-5-11/h10-13H,3-9H2,1-2H3. The molecule has 18 heavy (non-hydrogen) atoms. The van der Waals surface area contributed by atoms with Crippen LogP contribution in [0.3, 0.4) is 0 Å². The molecule has 1 saturated heterocycles. The highest BCUT2D eigenvalue weighted by Crippen LogP contribution is 2.13. The lowest BCUT2D eigenvalue weighted by Crippen LogP contribution is -2.36. The lowest BCUT2D eigenvalue weighted by molar-refractivity contribution is 0.400. The molecule has 0 amide bonds. The van der Waals surface area contributed by atoms with Gasteiger partial charge in [0.05, 0.1) is 5.75 Å². The van der Waals surface area contributed by atoms with Crippen molar-refractivity contribution in [3.63, 3.8) is 0 Å². The zero-order chi connectivity index (χ0) is 13.6. The van der Waals surface area contributed by atoms with Gasteiger partial charge in [0.2, 0.25) is 10.0 Å². The number of rotatable bonds is 7. The van der Waals surface area contributed by atoms with Gasteiger partial charge in [-0.25, -0.2) is 13.1 Å². The second-order valence-electron chi connectivity index (χ2n) is 4.97. The molecule has 0 aromatic carbocycles. The fourth-order valence-electron chi connectivity index (χ4n) is 2.00. The Labute approximate surface area is 113 Å². The molecule has 7 heteroatoms. The highest BCUT2D eigenvalue weighted by molar-refractivity contribution is 7.89. The Hall–Kier alpha value is 0.0200. The van der Waals surface area contributed by atoms with Crippen LogP contribution in [0.2, 0.25) is 0 Å². The molecule has 2 unspecified atom stereocenters. The third kappa shape index (κ3) is 6.26. The molecule has 1 aliphatic rings. The number of hydrogen-bond donors (Lipinski definition) is 2. The molecule has 0 spiro atoms. The molecule has 0 bridgehead atoms. The molecule has 2 N–H and O–H groups in total. The summed E-state index contributed by atoms with van der Waals surface area (Å²) in [4.78, 5) is 0. The number of piperidine rings is 1. The Balaban J connectivity index is 2.28. The van der Waals surface area contributed by atoms with Gasteiger partial charge >= 0.3 is 0 Å². The maximum absolute atomic E-state index is 11.8. The van der Waals surface area contributed by atoms with Gasteiger partial charge in [0.1, 0.15) is 0 Å². The van der Waals surface area contributed by atoms with Gasteiger partial charge in [0.25, 0.3) is 0 Å². The van der Waals surface area contributed by atoms with E-state index in [1.54, 1.807) is 6.26 Å². The highest BCUT2D eigenvalue weighted by Gasteiger charge is 2.21. The number of hydrogen-bond acceptors (Lipinski definition) is 4. The summed E-state index contributed by atoms with van der Waals surface area (Å²) < 4.78 is 37.4. The van der Waals surface area contributed by atoms with Crippen molar-refractivity contribution in [1.82, 2.24) is 10.0 Å².